The summed E-state index contributed by atoms with van der Waals surface area (Å²) in [7, 11) is 0. The predicted molar refractivity (Wildman–Crippen MR) is 85.2 cm³/mol. The maximum Gasteiger partial charge on any atom is 0.0964 e. The van der Waals surface area contributed by atoms with Gasteiger partial charge < -0.3 is 10.2 Å². The first-order chi connectivity index (χ1) is 8.63. The number of aliphatic hydroxyl groups is 2. The molecule has 2 N–H and O–H groups in total. The Hall–Kier alpha value is 0.620. The molecule has 18 heavy (non-hydrogen) atoms. The molecule has 0 amide bonds. The van der Waals surface area contributed by atoms with Crippen molar-refractivity contribution in [1.29, 1.82) is 0 Å². The second kappa shape index (κ2) is 14.0. The fourth-order valence-corrected chi connectivity index (χ4v) is 3.20. The van der Waals surface area contributed by atoms with Crippen LogP contribution in [-0.4, -0.2) is 32.6 Å². The van der Waals surface area contributed by atoms with Crippen LogP contribution in [0.5, 0.6) is 0 Å². The minimum atomic E-state index is -0.204. The average Bonchev–Trinajstić information content (AvgIpc) is 2.29. The van der Waals surface area contributed by atoms with Crippen molar-refractivity contribution in [2.75, 3.05) is 11.5 Å². The van der Waals surface area contributed by atoms with Crippen molar-refractivity contribution < 1.29 is 10.2 Å². The molecule has 0 aliphatic heterocycles. The highest BCUT2D eigenvalue weighted by Gasteiger charge is 1.97. The summed E-state index contributed by atoms with van der Waals surface area (Å²) in [6.07, 6.45) is 10.5. The largest absolute Gasteiger partial charge is 0.383 e. The van der Waals surface area contributed by atoms with E-state index in [4.69, 9.17) is 10.2 Å². The summed E-state index contributed by atoms with van der Waals surface area (Å²) in [6.45, 7) is 3.67. The summed E-state index contributed by atoms with van der Waals surface area (Å²) in [4.78, 5) is 0. The molecular formula is C14H30O2S2. The smallest absolute Gasteiger partial charge is 0.0964 e. The van der Waals surface area contributed by atoms with E-state index in [9.17, 15) is 0 Å². The molecule has 2 nitrogen and oxygen atoms in total. The Morgan fingerprint density at radius 3 is 1.17 bits per heavy atom. The molecule has 0 aliphatic carbocycles. The van der Waals surface area contributed by atoms with Gasteiger partial charge in [0.2, 0.25) is 0 Å². The van der Waals surface area contributed by atoms with Crippen molar-refractivity contribution in [3.05, 3.63) is 0 Å². The Morgan fingerprint density at radius 1 is 0.611 bits per heavy atom. The third-order valence-electron chi connectivity index (χ3n) is 2.76. The molecule has 2 unspecified atom stereocenters. The second-order valence-electron chi connectivity index (χ2n) is 4.77. The predicted octanol–water partition coefficient (Wildman–Crippen LogP) is 4.25. The van der Waals surface area contributed by atoms with Crippen molar-refractivity contribution in [3.63, 3.8) is 0 Å². The van der Waals surface area contributed by atoms with Crippen LogP contribution in [0.3, 0.4) is 0 Å². The van der Waals surface area contributed by atoms with Crippen LogP contribution >= 0.6 is 23.5 Å². The molecule has 0 aromatic rings. The quantitative estimate of drug-likeness (QED) is 0.393. The Morgan fingerprint density at radius 2 is 0.889 bits per heavy atom. The molecule has 0 aromatic heterocycles. The molecule has 0 saturated heterocycles. The number of aliphatic hydroxyl groups excluding tert-OH is 2. The van der Waals surface area contributed by atoms with Crippen LogP contribution in [0.25, 0.3) is 0 Å². The standard InChI is InChI=1S/C14H30O2S2/c1-13(15)17-11-9-7-5-3-4-6-8-10-12-18-14(2)16/h13-16H,3-12H2,1-2H3. The lowest BCUT2D eigenvalue weighted by molar-refractivity contribution is 0.283. The van der Waals surface area contributed by atoms with E-state index in [1.54, 1.807) is 23.5 Å². The molecule has 0 saturated carbocycles. The number of thioether (sulfide) groups is 2. The van der Waals surface area contributed by atoms with Gasteiger partial charge in [0.15, 0.2) is 0 Å². The Bertz CT molecular complexity index is 146. The molecule has 2 atom stereocenters. The molecule has 0 heterocycles. The third-order valence-corrected chi connectivity index (χ3v) is 4.77. The van der Waals surface area contributed by atoms with Gasteiger partial charge in [-0.15, -0.1) is 23.5 Å². The first-order valence-electron chi connectivity index (χ1n) is 7.22. The van der Waals surface area contributed by atoms with Crippen LogP contribution in [-0.2, 0) is 0 Å². The summed E-state index contributed by atoms with van der Waals surface area (Å²) < 4.78 is 0. The van der Waals surface area contributed by atoms with Gasteiger partial charge in [-0.2, -0.15) is 0 Å². The first kappa shape index (κ1) is 18.6. The lowest BCUT2D eigenvalue weighted by Crippen LogP contribution is -1.94. The highest BCUT2D eigenvalue weighted by Crippen LogP contribution is 2.15. The maximum atomic E-state index is 9.08. The van der Waals surface area contributed by atoms with E-state index < -0.39 is 0 Å². The highest BCUT2D eigenvalue weighted by atomic mass is 32.2. The van der Waals surface area contributed by atoms with Crippen molar-refractivity contribution in [3.8, 4) is 0 Å². The van der Waals surface area contributed by atoms with Gasteiger partial charge in [0.25, 0.3) is 0 Å². The van der Waals surface area contributed by atoms with Gasteiger partial charge in [-0.3, -0.25) is 0 Å². The third kappa shape index (κ3) is 16.6. The monoisotopic (exact) mass is 294 g/mol. The van der Waals surface area contributed by atoms with E-state index in [1.807, 2.05) is 13.8 Å². The summed E-state index contributed by atoms with van der Waals surface area (Å²) in [5, 5.41) is 18.2. The van der Waals surface area contributed by atoms with Crippen molar-refractivity contribution in [2.24, 2.45) is 0 Å². The van der Waals surface area contributed by atoms with Gasteiger partial charge in [-0.05, 0) is 38.2 Å². The van der Waals surface area contributed by atoms with Crippen LogP contribution in [0, 0.1) is 0 Å². The number of rotatable bonds is 13. The minimum Gasteiger partial charge on any atom is -0.383 e. The van der Waals surface area contributed by atoms with Crippen molar-refractivity contribution in [2.45, 2.75) is 76.1 Å². The summed E-state index contributed by atoms with van der Waals surface area (Å²) >= 11 is 3.29. The summed E-state index contributed by atoms with van der Waals surface area (Å²) in [5.74, 6) is 2.18. The topological polar surface area (TPSA) is 40.5 Å². The fraction of sp³-hybridized carbons (Fsp3) is 1.00. The lowest BCUT2D eigenvalue weighted by Gasteiger charge is -2.05. The molecule has 4 heteroatoms. The van der Waals surface area contributed by atoms with Gasteiger partial charge in [0, 0.05) is 0 Å². The van der Waals surface area contributed by atoms with Crippen molar-refractivity contribution in [1.82, 2.24) is 0 Å². The molecule has 0 rings (SSSR count). The van der Waals surface area contributed by atoms with Gasteiger partial charge in [-0.25, -0.2) is 0 Å². The highest BCUT2D eigenvalue weighted by molar-refractivity contribution is 7.99. The van der Waals surface area contributed by atoms with E-state index in [2.05, 4.69) is 0 Å². The summed E-state index contributed by atoms with van der Waals surface area (Å²) in [5.41, 5.74) is -0.408. The SMILES string of the molecule is CC(O)SCCCCCCCCCCSC(C)O. The Kier molecular flexibility index (Phi) is 14.5. The fourth-order valence-electron chi connectivity index (χ4n) is 1.77. The Balaban J connectivity index is 2.95. The zero-order valence-corrected chi connectivity index (χ0v) is 13.6. The van der Waals surface area contributed by atoms with Crippen LogP contribution in [0.15, 0.2) is 0 Å². The van der Waals surface area contributed by atoms with Crippen LogP contribution in [0.1, 0.15) is 65.2 Å². The molecule has 0 aliphatic rings. The van der Waals surface area contributed by atoms with E-state index in [0.717, 1.165) is 11.5 Å². The molecule has 110 valence electrons. The van der Waals surface area contributed by atoms with E-state index >= 15 is 0 Å². The first-order valence-corrected chi connectivity index (χ1v) is 9.32. The number of hydrogen-bond acceptors (Lipinski definition) is 4. The maximum absolute atomic E-state index is 9.08. The number of unbranched alkanes of at least 4 members (excludes halogenated alkanes) is 7. The Labute approximate surface area is 121 Å². The molecule has 0 bridgehead atoms. The molecule has 0 aromatic carbocycles. The van der Waals surface area contributed by atoms with Gasteiger partial charge in [0.1, 0.15) is 0 Å². The average molecular weight is 295 g/mol. The molecular weight excluding hydrogens is 264 g/mol. The summed E-state index contributed by atoms with van der Waals surface area (Å²) in [6, 6.07) is 0. The molecule has 0 fully saturated rings. The lowest BCUT2D eigenvalue weighted by atomic mass is 10.1. The molecule has 0 radical (unpaired) electrons. The van der Waals surface area contributed by atoms with Crippen molar-refractivity contribution >= 4 is 23.5 Å². The van der Waals surface area contributed by atoms with E-state index in [0.29, 0.717) is 0 Å². The van der Waals surface area contributed by atoms with Gasteiger partial charge in [0.05, 0.1) is 10.9 Å². The van der Waals surface area contributed by atoms with Crippen LogP contribution in [0.2, 0.25) is 0 Å². The van der Waals surface area contributed by atoms with Gasteiger partial charge >= 0.3 is 0 Å². The zero-order valence-electron chi connectivity index (χ0n) is 11.9. The second-order valence-corrected chi connectivity index (χ2v) is 7.62. The minimum absolute atomic E-state index is 0.204. The number of hydrogen-bond donors (Lipinski definition) is 2. The van der Waals surface area contributed by atoms with E-state index in [1.165, 1.54) is 51.4 Å². The van der Waals surface area contributed by atoms with E-state index in [-0.39, 0.29) is 10.9 Å². The van der Waals surface area contributed by atoms with Crippen LogP contribution in [0.4, 0.5) is 0 Å². The molecule has 0 spiro atoms. The zero-order chi connectivity index (χ0) is 13.6. The van der Waals surface area contributed by atoms with Gasteiger partial charge in [-0.1, -0.05) is 38.5 Å². The van der Waals surface area contributed by atoms with Crippen LogP contribution < -0.4 is 0 Å². The normalized spacial score (nSPS) is 14.7.